The van der Waals surface area contributed by atoms with Crippen molar-refractivity contribution < 1.29 is 9.59 Å². The van der Waals surface area contributed by atoms with Gasteiger partial charge < -0.3 is 16.4 Å². The minimum Gasteiger partial charge on any atom is -0.352 e. The highest BCUT2D eigenvalue weighted by Gasteiger charge is 2.29. The standard InChI is InChI=1S/C12H15N3O2/c13-12(17)15-10-5-1-8(2-6-10)7-14-11(16)9-3-4-9/h1-2,5-6,9H,3-4,7H2,(H,14,16)(H3,13,15,17). The molecule has 2 rings (SSSR count). The molecule has 3 amide bonds. The molecule has 0 aromatic heterocycles. The average molecular weight is 233 g/mol. The Morgan fingerprint density at radius 3 is 2.41 bits per heavy atom. The molecule has 0 unspecified atom stereocenters. The number of carbonyl (C=O) groups is 2. The van der Waals surface area contributed by atoms with Gasteiger partial charge in [0.2, 0.25) is 5.91 Å². The molecule has 1 aliphatic carbocycles. The Morgan fingerprint density at radius 1 is 1.24 bits per heavy atom. The zero-order valence-electron chi connectivity index (χ0n) is 9.40. The zero-order chi connectivity index (χ0) is 12.3. The van der Waals surface area contributed by atoms with E-state index in [1.54, 1.807) is 12.1 Å². The van der Waals surface area contributed by atoms with Crippen LogP contribution in [0.2, 0.25) is 0 Å². The second kappa shape index (κ2) is 4.86. The van der Waals surface area contributed by atoms with Crippen molar-refractivity contribution in [3.63, 3.8) is 0 Å². The van der Waals surface area contributed by atoms with Crippen LogP contribution in [0.25, 0.3) is 0 Å². The Bertz CT molecular complexity index is 424. The number of carbonyl (C=O) groups excluding carboxylic acids is 2. The van der Waals surface area contributed by atoms with Gasteiger partial charge in [-0.2, -0.15) is 0 Å². The highest BCUT2D eigenvalue weighted by molar-refractivity contribution is 5.87. The van der Waals surface area contributed by atoms with Gasteiger partial charge in [-0.3, -0.25) is 4.79 Å². The van der Waals surface area contributed by atoms with Crippen molar-refractivity contribution in [3.8, 4) is 0 Å². The maximum atomic E-state index is 11.4. The second-order valence-corrected chi connectivity index (χ2v) is 4.18. The number of urea groups is 1. The van der Waals surface area contributed by atoms with E-state index in [-0.39, 0.29) is 11.8 Å². The molecule has 1 aliphatic rings. The molecular formula is C12H15N3O2. The Kier molecular flexibility index (Phi) is 3.27. The van der Waals surface area contributed by atoms with Crippen molar-refractivity contribution in [2.24, 2.45) is 11.7 Å². The SMILES string of the molecule is NC(=O)Nc1ccc(CNC(=O)C2CC2)cc1. The Hall–Kier alpha value is -2.04. The van der Waals surface area contributed by atoms with Gasteiger partial charge >= 0.3 is 6.03 Å². The number of anilines is 1. The van der Waals surface area contributed by atoms with E-state index in [1.165, 1.54) is 0 Å². The van der Waals surface area contributed by atoms with Crippen LogP contribution in [0.15, 0.2) is 24.3 Å². The molecule has 1 aromatic rings. The van der Waals surface area contributed by atoms with Crippen LogP contribution in [0, 0.1) is 5.92 Å². The summed E-state index contributed by atoms with van der Waals surface area (Å²) in [6.07, 6.45) is 2.01. The van der Waals surface area contributed by atoms with E-state index in [2.05, 4.69) is 10.6 Å². The molecule has 0 atom stereocenters. The average Bonchev–Trinajstić information content (AvgIpc) is 3.11. The summed E-state index contributed by atoms with van der Waals surface area (Å²) in [5.74, 6) is 0.357. The zero-order valence-corrected chi connectivity index (χ0v) is 9.40. The third-order valence-corrected chi connectivity index (χ3v) is 2.64. The molecule has 4 N–H and O–H groups in total. The summed E-state index contributed by atoms with van der Waals surface area (Å²) >= 11 is 0. The first kappa shape index (κ1) is 11.4. The predicted octanol–water partition coefficient (Wildman–Crippen LogP) is 1.20. The highest BCUT2D eigenvalue weighted by atomic mass is 16.2. The summed E-state index contributed by atoms with van der Waals surface area (Å²) < 4.78 is 0. The van der Waals surface area contributed by atoms with Crippen LogP contribution in [0.3, 0.4) is 0 Å². The van der Waals surface area contributed by atoms with Gasteiger partial charge in [0.25, 0.3) is 0 Å². The molecule has 1 saturated carbocycles. The van der Waals surface area contributed by atoms with Crippen LogP contribution in [-0.4, -0.2) is 11.9 Å². The largest absolute Gasteiger partial charge is 0.352 e. The van der Waals surface area contributed by atoms with Crippen molar-refractivity contribution in [2.75, 3.05) is 5.32 Å². The monoisotopic (exact) mass is 233 g/mol. The molecule has 1 aromatic carbocycles. The maximum Gasteiger partial charge on any atom is 0.316 e. The molecule has 17 heavy (non-hydrogen) atoms. The number of hydrogen-bond acceptors (Lipinski definition) is 2. The maximum absolute atomic E-state index is 11.4. The van der Waals surface area contributed by atoms with Gasteiger partial charge in [0.15, 0.2) is 0 Å². The number of nitrogens with two attached hydrogens (primary N) is 1. The molecule has 0 radical (unpaired) electrons. The lowest BCUT2D eigenvalue weighted by molar-refractivity contribution is -0.122. The Morgan fingerprint density at radius 2 is 1.88 bits per heavy atom. The van der Waals surface area contributed by atoms with Gasteiger partial charge in [0.1, 0.15) is 0 Å². The molecule has 0 heterocycles. The Balaban J connectivity index is 1.84. The number of rotatable bonds is 4. The normalized spacial score (nSPS) is 14.1. The van der Waals surface area contributed by atoms with E-state index < -0.39 is 6.03 Å². The lowest BCUT2D eigenvalue weighted by Gasteiger charge is -2.06. The summed E-state index contributed by atoms with van der Waals surface area (Å²) in [6, 6.07) is 6.61. The molecular weight excluding hydrogens is 218 g/mol. The van der Waals surface area contributed by atoms with E-state index in [4.69, 9.17) is 5.73 Å². The molecule has 0 bridgehead atoms. The van der Waals surface area contributed by atoms with Crippen molar-refractivity contribution in [3.05, 3.63) is 29.8 Å². The van der Waals surface area contributed by atoms with E-state index in [0.717, 1.165) is 18.4 Å². The van der Waals surface area contributed by atoms with Crippen molar-refractivity contribution in [1.29, 1.82) is 0 Å². The van der Waals surface area contributed by atoms with Gasteiger partial charge in [-0.1, -0.05) is 12.1 Å². The predicted molar refractivity (Wildman–Crippen MR) is 64.2 cm³/mol. The summed E-state index contributed by atoms with van der Waals surface area (Å²) in [5.41, 5.74) is 6.64. The number of benzene rings is 1. The van der Waals surface area contributed by atoms with Gasteiger partial charge in [-0.05, 0) is 30.5 Å². The summed E-state index contributed by atoms with van der Waals surface area (Å²) in [6.45, 7) is 0.520. The van der Waals surface area contributed by atoms with E-state index in [9.17, 15) is 9.59 Å². The topological polar surface area (TPSA) is 84.2 Å². The quantitative estimate of drug-likeness (QED) is 0.730. The summed E-state index contributed by atoms with van der Waals surface area (Å²) in [4.78, 5) is 22.0. The highest BCUT2D eigenvalue weighted by Crippen LogP contribution is 2.28. The van der Waals surface area contributed by atoms with E-state index in [0.29, 0.717) is 12.2 Å². The van der Waals surface area contributed by atoms with Crippen LogP contribution in [0.1, 0.15) is 18.4 Å². The lowest BCUT2D eigenvalue weighted by Crippen LogP contribution is -2.24. The first-order chi connectivity index (χ1) is 8.15. The second-order valence-electron chi connectivity index (χ2n) is 4.18. The fraction of sp³-hybridized carbons (Fsp3) is 0.333. The van der Waals surface area contributed by atoms with Crippen molar-refractivity contribution in [2.45, 2.75) is 19.4 Å². The number of primary amides is 1. The number of amides is 3. The van der Waals surface area contributed by atoms with Gasteiger partial charge in [-0.25, -0.2) is 4.79 Å². The fourth-order valence-corrected chi connectivity index (χ4v) is 1.53. The lowest BCUT2D eigenvalue weighted by atomic mass is 10.2. The molecule has 0 spiro atoms. The number of hydrogen-bond donors (Lipinski definition) is 3. The van der Waals surface area contributed by atoms with Crippen LogP contribution in [-0.2, 0) is 11.3 Å². The van der Waals surface area contributed by atoms with E-state index in [1.807, 2.05) is 12.1 Å². The van der Waals surface area contributed by atoms with Crippen LogP contribution in [0.4, 0.5) is 10.5 Å². The first-order valence-electron chi connectivity index (χ1n) is 5.58. The van der Waals surface area contributed by atoms with Crippen LogP contribution in [0.5, 0.6) is 0 Å². The first-order valence-corrected chi connectivity index (χ1v) is 5.58. The molecule has 1 fully saturated rings. The molecule has 90 valence electrons. The minimum absolute atomic E-state index is 0.129. The van der Waals surface area contributed by atoms with Gasteiger partial charge in [0.05, 0.1) is 0 Å². The van der Waals surface area contributed by atoms with E-state index >= 15 is 0 Å². The smallest absolute Gasteiger partial charge is 0.316 e. The third-order valence-electron chi connectivity index (χ3n) is 2.64. The molecule has 5 heteroatoms. The van der Waals surface area contributed by atoms with Crippen LogP contribution < -0.4 is 16.4 Å². The van der Waals surface area contributed by atoms with Gasteiger partial charge in [0, 0.05) is 18.2 Å². The molecule has 5 nitrogen and oxygen atoms in total. The summed E-state index contributed by atoms with van der Waals surface area (Å²) in [5, 5.41) is 5.35. The molecule has 0 saturated heterocycles. The summed E-state index contributed by atoms with van der Waals surface area (Å²) in [7, 11) is 0. The minimum atomic E-state index is -0.584. The van der Waals surface area contributed by atoms with Crippen molar-refractivity contribution >= 4 is 17.6 Å². The Labute approximate surface area is 99.4 Å². The van der Waals surface area contributed by atoms with Gasteiger partial charge in [-0.15, -0.1) is 0 Å². The third kappa shape index (κ3) is 3.48. The number of nitrogens with one attached hydrogen (secondary N) is 2. The molecule has 0 aliphatic heterocycles. The van der Waals surface area contributed by atoms with Crippen molar-refractivity contribution in [1.82, 2.24) is 5.32 Å². The fourth-order valence-electron chi connectivity index (χ4n) is 1.53. The van der Waals surface area contributed by atoms with Crippen LogP contribution >= 0.6 is 0 Å².